The van der Waals surface area contributed by atoms with Crippen LogP contribution in [0, 0.1) is 0 Å². The van der Waals surface area contributed by atoms with Crippen molar-refractivity contribution in [3.05, 3.63) is 64.0 Å². The minimum atomic E-state index is -1.09. The molecule has 0 saturated carbocycles. The maximum absolute atomic E-state index is 13.0. The fourth-order valence-electron chi connectivity index (χ4n) is 4.67. The molecule has 202 valence electrons. The summed E-state index contributed by atoms with van der Waals surface area (Å²) in [5.41, 5.74) is 3.87. The van der Waals surface area contributed by atoms with E-state index in [2.05, 4.69) is 15.3 Å². The zero-order valence-electron chi connectivity index (χ0n) is 22.0. The van der Waals surface area contributed by atoms with Gasteiger partial charge in [0.15, 0.2) is 6.10 Å². The highest BCUT2D eigenvalue weighted by Gasteiger charge is 2.28. The Morgan fingerprint density at radius 1 is 1.00 bits per heavy atom. The number of amides is 1. The van der Waals surface area contributed by atoms with Crippen molar-refractivity contribution in [2.24, 2.45) is 0 Å². The number of benzene rings is 2. The van der Waals surface area contributed by atoms with Crippen molar-refractivity contribution in [1.29, 1.82) is 0 Å². The van der Waals surface area contributed by atoms with E-state index in [9.17, 15) is 14.4 Å². The zero-order chi connectivity index (χ0) is 27.5. The summed E-state index contributed by atoms with van der Waals surface area (Å²) in [7, 11) is 2.94. The number of thiophene rings is 1. The van der Waals surface area contributed by atoms with Crippen LogP contribution in [-0.2, 0) is 27.1 Å². The standard InChI is InChI=1S/C29H29N3O6S/c1-16(26(33)32-27-24(29(35)37-3)20-7-5-4-6-8-23(20)39-27)38-28(34)18-11-14-21-22(15-18)31-25(30-21)17-9-12-19(36-2)13-10-17/h9-16H,4-8H2,1-3H3,(H,30,31)(H,32,33). The number of methoxy groups -OCH3 is 2. The smallest absolute Gasteiger partial charge is 0.341 e. The average Bonchev–Trinajstić information content (AvgIpc) is 3.45. The van der Waals surface area contributed by atoms with Crippen LogP contribution < -0.4 is 10.1 Å². The Morgan fingerprint density at radius 3 is 2.51 bits per heavy atom. The number of imidazole rings is 1. The van der Waals surface area contributed by atoms with E-state index in [-0.39, 0.29) is 5.56 Å². The Bertz CT molecular complexity index is 1540. The quantitative estimate of drug-likeness (QED) is 0.230. The summed E-state index contributed by atoms with van der Waals surface area (Å²) in [6.45, 7) is 1.50. The number of rotatable bonds is 7. The molecule has 2 aromatic carbocycles. The van der Waals surface area contributed by atoms with E-state index in [1.54, 1.807) is 25.3 Å². The van der Waals surface area contributed by atoms with Crippen LogP contribution >= 0.6 is 11.3 Å². The van der Waals surface area contributed by atoms with Gasteiger partial charge in [-0.05, 0) is 80.6 Å². The van der Waals surface area contributed by atoms with Gasteiger partial charge in [-0.25, -0.2) is 14.6 Å². The minimum Gasteiger partial charge on any atom is -0.497 e. The molecule has 0 spiro atoms. The fraction of sp³-hybridized carbons (Fsp3) is 0.310. The van der Waals surface area contributed by atoms with Gasteiger partial charge in [0.25, 0.3) is 5.91 Å². The van der Waals surface area contributed by atoms with E-state index >= 15 is 0 Å². The lowest BCUT2D eigenvalue weighted by atomic mass is 10.1. The number of carbonyl (C=O) groups is 3. The fourth-order valence-corrected chi connectivity index (χ4v) is 5.95. The van der Waals surface area contributed by atoms with Crippen molar-refractivity contribution in [2.75, 3.05) is 19.5 Å². The van der Waals surface area contributed by atoms with Crippen LogP contribution in [0.25, 0.3) is 22.4 Å². The van der Waals surface area contributed by atoms with Crippen molar-refractivity contribution in [1.82, 2.24) is 9.97 Å². The van der Waals surface area contributed by atoms with Crippen molar-refractivity contribution in [3.8, 4) is 17.1 Å². The summed E-state index contributed by atoms with van der Waals surface area (Å²) < 4.78 is 15.7. The number of fused-ring (bicyclic) bond motifs is 2. The molecule has 10 heteroatoms. The number of nitrogens with zero attached hydrogens (tertiary/aromatic N) is 1. The van der Waals surface area contributed by atoms with Crippen LogP contribution in [0.15, 0.2) is 42.5 Å². The first kappa shape index (κ1) is 26.4. The highest BCUT2D eigenvalue weighted by Crippen LogP contribution is 2.38. The molecular formula is C29H29N3O6S. The molecule has 2 N–H and O–H groups in total. The maximum atomic E-state index is 13.0. The second-order valence-corrected chi connectivity index (χ2v) is 10.4. The summed E-state index contributed by atoms with van der Waals surface area (Å²) in [6.07, 6.45) is 3.67. The first-order valence-corrected chi connectivity index (χ1v) is 13.6. The predicted molar refractivity (Wildman–Crippen MR) is 149 cm³/mol. The molecule has 2 heterocycles. The van der Waals surface area contributed by atoms with Crippen molar-refractivity contribution in [3.63, 3.8) is 0 Å². The van der Waals surface area contributed by atoms with Gasteiger partial charge >= 0.3 is 11.9 Å². The van der Waals surface area contributed by atoms with Gasteiger partial charge < -0.3 is 24.5 Å². The molecule has 39 heavy (non-hydrogen) atoms. The number of aromatic amines is 1. The van der Waals surface area contributed by atoms with Crippen LogP contribution in [0.4, 0.5) is 5.00 Å². The van der Waals surface area contributed by atoms with E-state index in [4.69, 9.17) is 14.2 Å². The largest absolute Gasteiger partial charge is 0.497 e. The third kappa shape index (κ3) is 5.51. The predicted octanol–water partition coefficient (Wildman–Crippen LogP) is 5.54. The van der Waals surface area contributed by atoms with Crippen molar-refractivity contribution in [2.45, 2.75) is 45.1 Å². The van der Waals surface area contributed by atoms with Gasteiger partial charge in [-0.2, -0.15) is 0 Å². The molecule has 1 atom stereocenters. The number of anilines is 1. The van der Waals surface area contributed by atoms with E-state index < -0.39 is 23.9 Å². The number of H-pyrrole nitrogens is 1. The zero-order valence-corrected chi connectivity index (χ0v) is 22.8. The summed E-state index contributed by atoms with van der Waals surface area (Å²) in [5, 5.41) is 3.23. The molecule has 0 bridgehead atoms. The summed E-state index contributed by atoms with van der Waals surface area (Å²) >= 11 is 1.39. The second-order valence-electron chi connectivity index (χ2n) is 9.34. The number of aromatic nitrogens is 2. The maximum Gasteiger partial charge on any atom is 0.341 e. The number of hydrogen-bond donors (Lipinski definition) is 2. The van der Waals surface area contributed by atoms with Gasteiger partial charge in [-0.3, -0.25) is 4.79 Å². The minimum absolute atomic E-state index is 0.283. The summed E-state index contributed by atoms with van der Waals surface area (Å²) in [6, 6.07) is 12.5. The molecule has 5 rings (SSSR count). The highest BCUT2D eigenvalue weighted by atomic mass is 32.1. The third-order valence-electron chi connectivity index (χ3n) is 6.78. The lowest BCUT2D eigenvalue weighted by molar-refractivity contribution is -0.123. The lowest BCUT2D eigenvalue weighted by Crippen LogP contribution is -2.30. The Kier molecular flexibility index (Phi) is 7.65. The average molecular weight is 548 g/mol. The van der Waals surface area contributed by atoms with Crippen LogP contribution in [0.3, 0.4) is 0 Å². The number of ether oxygens (including phenoxy) is 3. The molecule has 9 nitrogen and oxygen atoms in total. The molecule has 1 amide bonds. The topological polar surface area (TPSA) is 120 Å². The lowest BCUT2D eigenvalue weighted by Gasteiger charge is -2.14. The number of carbonyl (C=O) groups excluding carboxylic acids is 3. The Morgan fingerprint density at radius 2 is 1.77 bits per heavy atom. The third-order valence-corrected chi connectivity index (χ3v) is 7.99. The normalized spacial score (nSPS) is 13.7. The number of hydrogen-bond acceptors (Lipinski definition) is 8. The van der Waals surface area contributed by atoms with Crippen LogP contribution in [0.5, 0.6) is 5.75 Å². The molecule has 2 aromatic heterocycles. The second kappa shape index (κ2) is 11.3. The van der Waals surface area contributed by atoms with Gasteiger partial charge in [0, 0.05) is 10.4 Å². The Balaban J connectivity index is 1.29. The van der Waals surface area contributed by atoms with Crippen LogP contribution in [0.1, 0.15) is 57.3 Å². The van der Waals surface area contributed by atoms with E-state index in [1.807, 2.05) is 24.3 Å². The van der Waals surface area contributed by atoms with Crippen LogP contribution in [-0.4, -0.2) is 48.1 Å². The van der Waals surface area contributed by atoms with Crippen LogP contribution in [0.2, 0.25) is 0 Å². The van der Waals surface area contributed by atoms with Gasteiger partial charge in [0.05, 0.1) is 36.4 Å². The Labute approximate surface area is 229 Å². The van der Waals surface area contributed by atoms with E-state index in [0.717, 1.165) is 53.9 Å². The molecular weight excluding hydrogens is 518 g/mol. The summed E-state index contributed by atoms with van der Waals surface area (Å²) in [5.74, 6) is -0.240. The number of esters is 2. The summed E-state index contributed by atoms with van der Waals surface area (Å²) in [4.78, 5) is 47.3. The molecule has 0 saturated heterocycles. The molecule has 0 aliphatic heterocycles. The molecule has 0 fully saturated rings. The SMILES string of the molecule is COC(=O)c1c(NC(=O)C(C)OC(=O)c2ccc3nc(-c4ccc(OC)cc4)[nH]c3c2)sc2c1CCCCC2. The molecule has 4 aromatic rings. The van der Waals surface area contributed by atoms with Gasteiger partial charge in [-0.1, -0.05) is 6.42 Å². The van der Waals surface area contributed by atoms with Gasteiger partial charge in [-0.15, -0.1) is 11.3 Å². The number of nitrogens with one attached hydrogen (secondary N) is 2. The molecule has 1 aliphatic carbocycles. The van der Waals surface area contributed by atoms with Crippen molar-refractivity contribution >= 4 is 45.2 Å². The Hall–Kier alpha value is -4.18. The van der Waals surface area contributed by atoms with E-state index in [0.29, 0.717) is 27.4 Å². The molecule has 1 unspecified atom stereocenters. The van der Waals surface area contributed by atoms with Gasteiger partial charge in [0.2, 0.25) is 0 Å². The molecule has 1 aliphatic rings. The number of aryl methyl sites for hydroxylation is 1. The van der Waals surface area contributed by atoms with Crippen molar-refractivity contribution < 1.29 is 28.6 Å². The molecule has 0 radical (unpaired) electrons. The first-order chi connectivity index (χ1) is 18.9. The first-order valence-electron chi connectivity index (χ1n) is 12.8. The van der Waals surface area contributed by atoms with Gasteiger partial charge in [0.1, 0.15) is 16.6 Å². The monoisotopic (exact) mass is 547 g/mol. The highest BCUT2D eigenvalue weighted by molar-refractivity contribution is 7.17. The van der Waals surface area contributed by atoms with E-state index in [1.165, 1.54) is 25.4 Å².